The highest BCUT2D eigenvalue weighted by Crippen LogP contribution is 2.24. The topological polar surface area (TPSA) is 119 Å². The zero-order chi connectivity index (χ0) is 26.5. The first-order chi connectivity index (χ1) is 16.4. The van der Waals surface area contributed by atoms with Crippen molar-refractivity contribution in [3.8, 4) is 0 Å². The van der Waals surface area contributed by atoms with Gasteiger partial charge in [-0.3, -0.25) is 19.2 Å². The van der Waals surface area contributed by atoms with Crippen molar-refractivity contribution in [2.75, 3.05) is 18.1 Å². The molecule has 0 fully saturated rings. The van der Waals surface area contributed by atoms with Crippen molar-refractivity contribution in [2.45, 2.75) is 66.0 Å². The number of ether oxygens (including phenoxy) is 1. The van der Waals surface area contributed by atoms with Gasteiger partial charge >= 0.3 is 5.97 Å². The van der Waals surface area contributed by atoms with E-state index in [0.29, 0.717) is 5.92 Å². The van der Waals surface area contributed by atoms with E-state index >= 15 is 0 Å². The maximum absolute atomic E-state index is 12.8. The number of esters is 1. The van der Waals surface area contributed by atoms with Crippen LogP contribution in [0.25, 0.3) is 0 Å². The molecule has 8 nitrogen and oxygen atoms in total. The average Bonchev–Trinajstić information content (AvgIpc) is 2.78. The maximum atomic E-state index is 12.8. The van der Waals surface area contributed by atoms with Crippen LogP contribution in [0.15, 0.2) is 24.3 Å². The summed E-state index contributed by atoms with van der Waals surface area (Å²) in [7, 11) is 0. The van der Waals surface area contributed by atoms with Crippen LogP contribution in [0.1, 0.15) is 58.6 Å². The first-order valence-corrected chi connectivity index (χ1v) is 13.5. The van der Waals surface area contributed by atoms with Crippen molar-refractivity contribution in [1.29, 1.82) is 0 Å². The normalized spacial score (nSPS) is 13.5. The van der Waals surface area contributed by atoms with Crippen LogP contribution in [-0.4, -0.2) is 58.2 Å². The molecular formula is C25H36N2O6S2. The lowest BCUT2D eigenvalue weighted by Crippen LogP contribution is -2.44. The van der Waals surface area contributed by atoms with Crippen LogP contribution in [0, 0.1) is 5.92 Å². The molecule has 2 N–H and O–H groups in total. The predicted molar refractivity (Wildman–Crippen MR) is 140 cm³/mol. The third-order valence-corrected chi connectivity index (χ3v) is 7.08. The monoisotopic (exact) mass is 524 g/mol. The Morgan fingerprint density at radius 3 is 1.86 bits per heavy atom. The molecule has 194 valence electrons. The van der Waals surface area contributed by atoms with E-state index in [0.717, 1.165) is 35.5 Å². The van der Waals surface area contributed by atoms with Gasteiger partial charge in [0.2, 0.25) is 16.9 Å². The van der Waals surface area contributed by atoms with Crippen LogP contribution < -0.4 is 10.6 Å². The molecule has 0 aliphatic heterocycles. The number of hydrogen-bond acceptors (Lipinski definition) is 8. The van der Waals surface area contributed by atoms with Crippen molar-refractivity contribution >= 4 is 51.5 Å². The molecule has 35 heavy (non-hydrogen) atoms. The Balaban J connectivity index is 2.76. The van der Waals surface area contributed by atoms with E-state index in [9.17, 15) is 24.0 Å². The van der Waals surface area contributed by atoms with Gasteiger partial charge in [-0.05, 0) is 30.4 Å². The van der Waals surface area contributed by atoms with E-state index in [-0.39, 0.29) is 29.1 Å². The molecule has 0 aliphatic carbocycles. The summed E-state index contributed by atoms with van der Waals surface area (Å²) in [5.74, 6) is -1.30. The zero-order valence-electron chi connectivity index (χ0n) is 21.2. The van der Waals surface area contributed by atoms with Crippen LogP contribution in [-0.2, 0) is 35.1 Å². The van der Waals surface area contributed by atoms with Gasteiger partial charge in [0.05, 0.1) is 12.5 Å². The number of benzene rings is 1. The molecule has 0 saturated carbocycles. The molecule has 1 rings (SSSR count). The quantitative estimate of drug-likeness (QED) is 0.378. The second-order valence-electron chi connectivity index (χ2n) is 8.58. The Hall–Kier alpha value is -2.33. The summed E-state index contributed by atoms with van der Waals surface area (Å²) in [5, 5.41) is 4.51. The summed E-state index contributed by atoms with van der Waals surface area (Å²) in [6.45, 7) is 10.4. The number of hydrogen-bond donors (Lipinski definition) is 2. The molecule has 2 amide bonds. The highest BCUT2D eigenvalue weighted by atomic mass is 32.2. The minimum absolute atomic E-state index is 0.0505. The van der Waals surface area contributed by atoms with Gasteiger partial charge < -0.3 is 15.4 Å². The second kappa shape index (κ2) is 15.6. The number of carbonyl (C=O) groups excluding carboxylic acids is 5. The summed E-state index contributed by atoms with van der Waals surface area (Å²) >= 11 is 1.78. The summed E-state index contributed by atoms with van der Waals surface area (Å²) in [6.07, 6.45) is 0.967. The Kier molecular flexibility index (Phi) is 13.7. The first kappa shape index (κ1) is 30.7. The molecule has 0 heterocycles. The van der Waals surface area contributed by atoms with E-state index < -0.39 is 35.0 Å². The fraction of sp³-hybridized carbons (Fsp3) is 0.560. The lowest BCUT2D eigenvalue weighted by Gasteiger charge is -2.19. The van der Waals surface area contributed by atoms with Crippen LogP contribution in [0.5, 0.6) is 0 Å². The molecule has 1 aromatic rings. The fourth-order valence-electron chi connectivity index (χ4n) is 3.18. The smallest absolute Gasteiger partial charge is 0.329 e. The molecule has 1 aromatic carbocycles. The largest absolute Gasteiger partial charge is 0.464 e. The molecular weight excluding hydrogens is 488 g/mol. The van der Waals surface area contributed by atoms with Crippen LogP contribution in [0.3, 0.4) is 0 Å². The lowest BCUT2D eigenvalue weighted by molar-refractivity contribution is -0.146. The van der Waals surface area contributed by atoms with Crippen LogP contribution >= 0.6 is 23.5 Å². The van der Waals surface area contributed by atoms with Gasteiger partial charge in [0.25, 0.3) is 0 Å². The zero-order valence-corrected chi connectivity index (χ0v) is 22.8. The van der Waals surface area contributed by atoms with Gasteiger partial charge in [-0.2, -0.15) is 0 Å². The maximum Gasteiger partial charge on any atom is 0.329 e. The third kappa shape index (κ3) is 11.8. The van der Waals surface area contributed by atoms with E-state index in [1.165, 1.54) is 19.4 Å². The molecule has 3 unspecified atom stereocenters. The lowest BCUT2D eigenvalue weighted by atomic mass is 9.97. The van der Waals surface area contributed by atoms with Gasteiger partial charge in [0.15, 0.2) is 5.12 Å². The molecule has 0 aliphatic rings. The summed E-state index contributed by atoms with van der Waals surface area (Å²) in [6, 6.07) is 6.03. The van der Waals surface area contributed by atoms with Crippen LogP contribution in [0.4, 0.5) is 0 Å². The van der Waals surface area contributed by atoms with E-state index in [1.54, 1.807) is 6.92 Å². The highest BCUT2D eigenvalue weighted by Gasteiger charge is 2.27. The van der Waals surface area contributed by atoms with E-state index in [4.69, 9.17) is 4.74 Å². The van der Waals surface area contributed by atoms with Gasteiger partial charge in [0.1, 0.15) is 12.1 Å². The van der Waals surface area contributed by atoms with Crippen molar-refractivity contribution < 1.29 is 28.7 Å². The standard InChI is InChI=1S/C25H36N2O6S2/c1-7-33-23(30)21(26-17(5)28)13-35-25(32)22(27-18(6)29)14-34-24(31)16(4)20-10-8-19(9-11-20)12-15(2)3/h8-11,15-16,21-22H,7,12-14H2,1-6H3,(H,26,28)(H,27,29). The molecule has 3 atom stereocenters. The molecule has 0 spiro atoms. The Labute approximate surface area is 216 Å². The molecule has 0 radical (unpaired) electrons. The van der Waals surface area contributed by atoms with Crippen LogP contribution in [0.2, 0.25) is 0 Å². The molecule has 0 aromatic heterocycles. The van der Waals surface area contributed by atoms with E-state index in [2.05, 4.69) is 24.5 Å². The van der Waals surface area contributed by atoms with Gasteiger partial charge in [-0.25, -0.2) is 4.79 Å². The van der Waals surface area contributed by atoms with Gasteiger partial charge in [-0.15, -0.1) is 0 Å². The molecule has 0 bridgehead atoms. The van der Waals surface area contributed by atoms with Crippen molar-refractivity contribution in [2.24, 2.45) is 5.92 Å². The van der Waals surface area contributed by atoms with Gasteiger partial charge in [-0.1, -0.05) is 68.6 Å². The predicted octanol–water partition coefficient (Wildman–Crippen LogP) is 3.08. The van der Waals surface area contributed by atoms with Crippen molar-refractivity contribution in [1.82, 2.24) is 10.6 Å². The number of nitrogens with one attached hydrogen (secondary N) is 2. The third-order valence-electron chi connectivity index (χ3n) is 4.87. The minimum Gasteiger partial charge on any atom is -0.464 e. The summed E-state index contributed by atoms with van der Waals surface area (Å²) in [5.41, 5.74) is 2.10. The number of thioether (sulfide) groups is 2. The Morgan fingerprint density at radius 2 is 1.34 bits per heavy atom. The highest BCUT2D eigenvalue weighted by molar-refractivity contribution is 8.15. The fourth-order valence-corrected chi connectivity index (χ4v) is 5.13. The number of carbonyl (C=O) groups is 5. The molecule has 10 heteroatoms. The van der Waals surface area contributed by atoms with Gasteiger partial charge in [0, 0.05) is 25.4 Å². The van der Waals surface area contributed by atoms with Crippen molar-refractivity contribution in [3.05, 3.63) is 35.4 Å². The first-order valence-electron chi connectivity index (χ1n) is 11.6. The SMILES string of the molecule is CCOC(=O)C(CSC(=O)C(CSC(=O)C(C)c1ccc(CC(C)C)cc1)NC(C)=O)NC(C)=O. The van der Waals surface area contributed by atoms with E-state index in [1.807, 2.05) is 31.2 Å². The number of amides is 2. The Bertz CT molecular complexity index is 888. The minimum atomic E-state index is -0.993. The second-order valence-corrected chi connectivity index (χ2v) is 10.6. The van der Waals surface area contributed by atoms with Crippen molar-refractivity contribution in [3.63, 3.8) is 0 Å². The average molecular weight is 525 g/mol. The summed E-state index contributed by atoms with van der Waals surface area (Å²) < 4.78 is 4.94. The number of rotatable bonds is 13. The Morgan fingerprint density at radius 1 is 0.829 bits per heavy atom. The molecule has 0 saturated heterocycles. The summed E-state index contributed by atoms with van der Waals surface area (Å²) in [4.78, 5) is 60.7.